The molecule has 2 aromatic rings. The standard InChI is InChI=1S/C23H25NO3S/c1-16(2)15-22(25)23-21(19-9-5-17(3)6-10-19)13-14-24(23)28(26,27)20-11-7-18(4)8-12-20/h5-13,15,23H,14H2,1-4H3. The van der Waals surface area contributed by atoms with Crippen LogP contribution in [0, 0.1) is 13.8 Å². The van der Waals surface area contributed by atoms with Gasteiger partial charge in [0.15, 0.2) is 5.78 Å². The van der Waals surface area contributed by atoms with E-state index in [1.54, 1.807) is 24.3 Å². The number of nitrogens with zero attached hydrogens (tertiary/aromatic N) is 1. The number of benzene rings is 2. The van der Waals surface area contributed by atoms with E-state index >= 15 is 0 Å². The van der Waals surface area contributed by atoms with Gasteiger partial charge in [0.25, 0.3) is 0 Å². The van der Waals surface area contributed by atoms with E-state index in [-0.39, 0.29) is 17.2 Å². The van der Waals surface area contributed by atoms with Gasteiger partial charge in [-0.05, 0) is 57.0 Å². The van der Waals surface area contributed by atoms with Crippen molar-refractivity contribution in [2.75, 3.05) is 6.54 Å². The van der Waals surface area contributed by atoms with Gasteiger partial charge >= 0.3 is 0 Å². The summed E-state index contributed by atoms with van der Waals surface area (Å²) < 4.78 is 27.9. The van der Waals surface area contributed by atoms with Gasteiger partial charge in [0.1, 0.15) is 6.04 Å². The van der Waals surface area contributed by atoms with Crippen LogP contribution in [0.1, 0.15) is 30.5 Å². The number of ketones is 1. The molecule has 3 rings (SSSR count). The number of carbonyl (C=O) groups is 1. The summed E-state index contributed by atoms with van der Waals surface area (Å²) in [6.07, 6.45) is 3.37. The summed E-state index contributed by atoms with van der Waals surface area (Å²) in [7, 11) is -3.80. The highest BCUT2D eigenvalue weighted by molar-refractivity contribution is 7.89. The fraction of sp³-hybridized carbons (Fsp3) is 0.261. The van der Waals surface area contributed by atoms with E-state index in [1.807, 2.05) is 58.0 Å². The normalized spacial score (nSPS) is 17.3. The van der Waals surface area contributed by atoms with Gasteiger partial charge in [-0.2, -0.15) is 4.31 Å². The monoisotopic (exact) mass is 395 g/mol. The van der Waals surface area contributed by atoms with Gasteiger partial charge < -0.3 is 0 Å². The highest BCUT2D eigenvalue weighted by atomic mass is 32.2. The Morgan fingerprint density at radius 1 is 0.964 bits per heavy atom. The lowest BCUT2D eigenvalue weighted by atomic mass is 9.96. The molecule has 0 N–H and O–H groups in total. The van der Waals surface area contributed by atoms with Crippen molar-refractivity contribution < 1.29 is 13.2 Å². The minimum absolute atomic E-state index is 0.173. The molecule has 1 aliphatic heterocycles. The highest BCUT2D eigenvalue weighted by Gasteiger charge is 2.40. The van der Waals surface area contributed by atoms with Crippen LogP contribution in [0.15, 0.2) is 71.2 Å². The van der Waals surface area contributed by atoms with Gasteiger partial charge in [-0.3, -0.25) is 4.79 Å². The molecule has 0 saturated heterocycles. The van der Waals surface area contributed by atoms with Crippen LogP contribution in [-0.4, -0.2) is 31.1 Å². The van der Waals surface area contributed by atoms with Crippen LogP contribution in [0.4, 0.5) is 0 Å². The van der Waals surface area contributed by atoms with Crippen molar-refractivity contribution in [1.29, 1.82) is 0 Å². The molecule has 0 spiro atoms. The molecule has 0 saturated carbocycles. The number of aryl methyl sites for hydroxylation is 2. The number of allylic oxidation sites excluding steroid dienone is 1. The zero-order valence-corrected chi connectivity index (χ0v) is 17.5. The number of carbonyl (C=O) groups excluding carboxylic acids is 1. The first-order chi connectivity index (χ1) is 13.2. The number of rotatable bonds is 5. The summed E-state index contributed by atoms with van der Waals surface area (Å²) in [6, 6.07) is 13.7. The Kier molecular flexibility index (Phi) is 5.68. The maximum atomic E-state index is 13.3. The van der Waals surface area contributed by atoms with Gasteiger partial charge in [0, 0.05) is 6.54 Å². The molecule has 1 heterocycles. The lowest BCUT2D eigenvalue weighted by molar-refractivity contribution is -0.116. The van der Waals surface area contributed by atoms with Gasteiger partial charge in [-0.1, -0.05) is 59.2 Å². The maximum Gasteiger partial charge on any atom is 0.244 e. The van der Waals surface area contributed by atoms with Crippen molar-refractivity contribution in [3.05, 3.63) is 82.9 Å². The van der Waals surface area contributed by atoms with Gasteiger partial charge in [-0.15, -0.1) is 0 Å². The molecule has 1 aliphatic rings. The third-order valence-electron chi connectivity index (χ3n) is 4.79. The largest absolute Gasteiger partial charge is 0.293 e. The first kappa shape index (κ1) is 20.2. The van der Waals surface area contributed by atoms with E-state index in [9.17, 15) is 13.2 Å². The molecule has 28 heavy (non-hydrogen) atoms. The second-order valence-electron chi connectivity index (χ2n) is 7.44. The number of hydrogen-bond donors (Lipinski definition) is 0. The van der Waals surface area contributed by atoms with Gasteiger partial charge in [0.05, 0.1) is 4.90 Å². The quantitative estimate of drug-likeness (QED) is 0.710. The van der Waals surface area contributed by atoms with E-state index in [4.69, 9.17) is 0 Å². The summed E-state index contributed by atoms with van der Waals surface area (Å²) in [5.41, 5.74) is 4.54. The number of sulfonamides is 1. The second kappa shape index (κ2) is 7.86. The molecule has 1 atom stereocenters. The highest BCUT2D eigenvalue weighted by Crippen LogP contribution is 2.33. The lowest BCUT2D eigenvalue weighted by Crippen LogP contribution is -2.41. The predicted octanol–water partition coefficient (Wildman–Crippen LogP) is 4.30. The van der Waals surface area contributed by atoms with Crippen molar-refractivity contribution in [3.63, 3.8) is 0 Å². The fourth-order valence-corrected chi connectivity index (χ4v) is 4.84. The van der Waals surface area contributed by atoms with Crippen LogP contribution >= 0.6 is 0 Å². The summed E-state index contributed by atoms with van der Waals surface area (Å²) >= 11 is 0. The van der Waals surface area contributed by atoms with Crippen molar-refractivity contribution in [2.45, 2.75) is 38.6 Å². The second-order valence-corrected chi connectivity index (χ2v) is 9.33. The molecule has 0 aromatic heterocycles. The third kappa shape index (κ3) is 4.01. The van der Waals surface area contributed by atoms with Crippen molar-refractivity contribution in [1.82, 2.24) is 4.31 Å². The molecule has 146 valence electrons. The summed E-state index contributed by atoms with van der Waals surface area (Å²) in [4.78, 5) is 13.2. The molecule has 0 fully saturated rings. The molecule has 0 aliphatic carbocycles. The van der Waals surface area contributed by atoms with Crippen LogP contribution in [0.5, 0.6) is 0 Å². The van der Waals surface area contributed by atoms with Gasteiger partial charge in [-0.25, -0.2) is 8.42 Å². The number of hydrogen-bond acceptors (Lipinski definition) is 3. The van der Waals surface area contributed by atoms with Gasteiger partial charge in [0.2, 0.25) is 10.0 Å². The Morgan fingerprint density at radius 3 is 2.04 bits per heavy atom. The molecule has 0 bridgehead atoms. The fourth-order valence-electron chi connectivity index (χ4n) is 3.32. The third-order valence-corrected chi connectivity index (χ3v) is 6.63. The molecule has 1 unspecified atom stereocenters. The van der Waals surface area contributed by atoms with E-state index in [0.717, 1.165) is 27.8 Å². The first-order valence-electron chi connectivity index (χ1n) is 9.24. The molecule has 5 heteroatoms. The molecule has 2 aromatic carbocycles. The van der Waals surface area contributed by atoms with Crippen LogP contribution < -0.4 is 0 Å². The minimum Gasteiger partial charge on any atom is -0.293 e. The van der Waals surface area contributed by atoms with E-state index < -0.39 is 16.1 Å². The first-order valence-corrected chi connectivity index (χ1v) is 10.7. The predicted molar refractivity (Wildman–Crippen MR) is 112 cm³/mol. The van der Waals surface area contributed by atoms with E-state index in [0.29, 0.717) is 0 Å². The molecule has 0 radical (unpaired) electrons. The summed E-state index contributed by atoms with van der Waals surface area (Å²) in [5, 5.41) is 0. The molecule has 0 amide bonds. The Hall–Kier alpha value is -2.50. The van der Waals surface area contributed by atoms with Crippen LogP contribution in [-0.2, 0) is 14.8 Å². The average molecular weight is 396 g/mol. The van der Waals surface area contributed by atoms with Crippen LogP contribution in [0.3, 0.4) is 0 Å². The zero-order chi connectivity index (χ0) is 20.5. The smallest absolute Gasteiger partial charge is 0.244 e. The Labute approximate surface area is 167 Å². The van der Waals surface area contributed by atoms with Crippen molar-refractivity contribution >= 4 is 21.4 Å². The molecule has 4 nitrogen and oxygen atoms in total. The Morgan fingerprint density at radius 2 is 1.50 bits per heavy atom. The summed E-state index contributed by atoms with van der Waals surface area (Å²) in [6.45, 7) is 7.74. The molecular formula is C23H25NO3S. The van der Waals surface area contributed by atoms with E-state index in [1.165, 1.54) is 10.4 Å². The Balaban J connectivity index is 2.06. The molecular weight excluding hydrogens is 370 g/mol. The Bertz CT molecular complexity index is 1040. The zero-order valence-electron chi connectivity index (χ0n) is 16.6. The SMILES string of the molecule is CC(C)=CC(=O)C1C(c2ccc(C)cc2)=CCN1S(=O)(=O)c1ccc(C)cc1. The average Bonchev–Trinajstić information content (AvgIpc) is 3.08. The van der Waals surface area contributed by atoms with Crippen molar-refractivity contribution in [3.8, 4) is 0 Å². The van der Waals surface area contributed by atoms with Crippen molar-refractivity contribution in [2.24, 2.45) is 0 Å². The maximum absolute atomic E-state index is 13.3. The lowest BCUT2D eigenvalue weighted by Gasteiger charge is -2.25. The summed E-state index contributed by atoms with van der Waals surface area (Å²) in [5.74, 6) is -0.222. The minimum atomic E-state index is -3.80. The topological polar surface area (TPSA) is 54.5 Å². The van der Waals surface area contributed by atoms with Crippen LogP contribution in [0.2, 0.25) is 0 Å². The van der Waals surface area contributed by atoms with E-state index in [2.05, 4.69) is 0 Å². The van der Waals surface area contributed by atoms with Crippen LogP contribution in [0.25, 0.3) is 5.57 Å².